The van der Waals surface area contributed by atoms with E-state index in [1.165, 1.54) is 167 Å². The van der Waals surface area contributed by atoms with Gasteiger partial charge in [-0.05, 0) is 31.6 Å². The molecule has 0 aliphatic rings. The first-order chi connectivity index (χ1) is 42.1. The van der Waals surface area contributed by atoms with Crippen molar-refractivity contribution in [3.05, 3.63) is 0 Å². The van der Waals surface area contributed by atoms with Crippen LogP contribution in [0, 0.1) is 5.92 Å². The molecule has 0 aromatic carbocycles. The lowest BCUT2D eigenvalue weighted by atomic mass is 10.00. The number of ether oxygens (including phenoxy) is 4. The highest BCUT2D eigenvalue weighted by Gasteiger charge is 2.30. The highest BCUT2D eigenvalue weighted by Crippen LogP contribution is 2.45. The van der Waals surface area contributed by atoms with E-state index in [0.29, 0.717) is 25.7 Å². The van der Waals surface area contributed by atoms with Crippen LogP contribution in [0.15, 0.2) is 0 Å². The van der Waals surface area contributed by atoms with Crippen molar-refractivity contribution >= 4 is 39.5 Å². The molecule has 0 saturated carbocycles. The van der Waals surface area contributed by atoms with Gasteiger partial charge in [0.1, 0.15) is 19.3 Å². The summed E-state index contributed by atoms with van der Waals surface area (Å²) in [6, 6.07) is 0. The Morgan fingerprint density at radius 2 is 0.552 bits per heavy atom. The van der Waals surface area contributed by atoms with E-state index in [2.05, 4.69) is 34.6 Å². The molecule has 0 fully saturated rings. The van der Waals surface area contributed by atoms with Gasteiger partial charge < -0.3 is 33.8 Å². The molecule has 0 saturated heterocycles. The molecule has 6 atom stereocenters. The number of phosphoric ester groups is 2. The molecule has 0 aliphatic heterocycles. The molecule has 0 rings (SSSR count). The number of aliphatic hydroxyl groups excluding tert-OH is 1. The molecule has 0 aromatic heterocycles. The first-order valence-electron chi connectivity index (χ1n) is 35.7. The zero-order valence-electron chi connectivity index (χ0n) is 56.2. The third kappa shape index (κ3) is 61.3. The van der Waals surface area contributed by atoms with Crippen molar-refractivity contribution in [3.63, 3.8) is 0 Å². The van der Waals surface area contributed by atoms with Gasteiger partial charge in [-0.1, -0.05) is 298 Å². The zero-order chi connectivity index (χ0) is 64.2. The van der Waals surface area contributed by atoms with E-state index in [4.69, 9.17) is 37.0 Å². The molecule has 0 spiro atoms. The Balaban J connectivity index is 5.09. The van der Waals surface area contributed by atoms with E-state index in [0.717, 1.165) is 102 Å². The molecule has 0 aromatic rings. The Hall–Kier alpha value is -1.94. The SMILES string of the molecule is CCCCCCCCCCCCCCCCCCCCCCCC(=O)O[C@H](COC(=O)CCCCCCCCCCCCC)COP(=O)(O)OC[C@@H](O)COP(=O)(O)OC[C@@H](COC(=O)CCCCCCC)OC(=O)CCCCCCCCC(C)CC. The molecular formula is C68H132O17P2. The van der Waals surface area contributed by atoms with E-state index in [-0.39, 0.29) is 25.7 Å². The summed E-state index contributed by atoms with van der Waals surface area (Å²) in [5, 5.41) is 10.5. The third-order valence-corrected chi connectivity index (χ3v) is 18.0. The van der Waals surface area contributed by atoms with Gasteiger partial charge in [0.2, 0.25) is 0 Å². The second-order valence-electron chi connectivity index (χ2n) is 24.8. The van der Waals surface area contributed by atoms with Crippen molar-refractivity contribution in [2.75, 3.05) is 39.6 Å². The van der Waals surface area contributed by atoms with Crippen LogP contribution in [-0.2, 0) is 65.4 Å². The molecule has 3 unspecified atom stereocenters. The summed E-state index contributed by atoms with van der Waals surface area (Å²) in [6.45, 7) is 7.08. The van der Waals surface area contributed by atoms with Crippen LogP contribution in [0.2, 0.25) is 0 Å². The van der Waals surface area contributed by atoms with Crippen LogP contribution in [0.25, 0.3) is 0 Å². The standard InChI is InChI=1S/C68H132O17P2/c1-6-10-13-16-18-20-22-23-24-25-26-27-28-29-30-31-33-35-37-43-48-53-67(72)84-64(58-79-66(71)52-47-42-36-34-32-21-19-17-14-11-7-2)60-83-87(76,77)81-56-62(69)55-80-86(74,75)82-59-63(57-78-65(70)51-46-40-15-12-8-3)85-68(73)54-49-44-39-38-41-45-50-61(5)9-4/h61-64,69H,6-60H2,1-5H3,(H,74,75)(H,76,77)/t61?,62-,63+,64+/m0/s1. The quantitative estimate of drug-likeness (QED) is 0.0222. The van der Waals surface area contributed by atoms with Crippen molar-refractivity contribution in [1.29, 1.82) is 0 Å². The maximum Gasteiger partial charge on any atom is 0.472 e. The lowest BCUT2D eigenvalue weighted by Gasteiger charge is -2.21. The zero-order valence-corrected chi connectivity index (χ0v) is 57.9. The summed E-state index contributed by atoms with van der Waals surface area (Å²) < 4.78 is 67.9. The van der Waals surface area contributed by atoms with Gasteiger partial charge in [0, 0.05) is 25.7 Å². The topological polar surface area (TPSA) is 237 Å². The summed E-state index contributed by atoms with van der Waals surface area (Å²) in [6.07, 6.45) is 47.8. The van der Waals surface area contributed by atoms with Crippen LogP contribution in [-0.4, -0.2) is 96.7 Å². The van der Waals surface area contributed by atoms with Gasteiger partial charge in [0.15, 0.2) is 12.2 Å². The first kappa shape index (κ1) is 85.1. The highest BCUT2D eigenvalue weighted by atomic mass is 31.2. The molecule has 3 N–H and O–H groups in total. The molecule has 17 nitrogen and oxygen atoms in total. The average Bonchev–Trinajstić information content (AvgIpc) is 3.68. The number of carbonyl (C=O) groups excluding carboxylic acids is 4. The second kappa shape index (κ2) is 61.6. The van der Waals surface area contributed by atoms with Crippen molar-refractivity contribution in [2.45, 2.75) is 368 Å². The fourth-order valence-corrected chi connectivity index (χ4v) is 11.8. The third-order valence-electron chi connectivity index (χ3n) is 16.1. The van der Waals surface area contributed by atoms with Gasteiger partial charge in [0.05, 0.1) is 26.4 Å². The molecule has 0 amide bonds. The number of hydrogen-bond acceptors (Lipinski definition) is 15. The lowest BCUT2D eigenvalue weighted by molar-refractivity contribution is -0.161. The largest absolute Gasteiger partial charge is 0.472 e. The van der Waals surface area contributed by atoms with E-state index in [9.17, 15) is 43.2 Å². The van der Waals surface area contributed by atoms with E-state index in [1.807, 2.05) is 0 Å². The maximum atomic E-state index is 13.0. The first-order valence-corrected chi connectivity index (χ1v) is 38.7. The van der Waals surface area contributed by atoms with Gasteiger partial charge >= 0.3 is 39.5 Å². The Morgan fingerprint density at radius 3 is 0.816 bits per heavy atom. The molecule has 0 heterocycles. The molecule has 0 bridgehead atoms. The van der Waals surface area contributed by atoms with Crippen molar-refractivity contribution in [3.8, 4) is 0 Å². The van der Waals surface area contributed by atoms with E-state index >= 15 is 0 Å². The Bertz CT molecular complexity index is 1690. The highest BCUT2D eigenvalue weighted by molar-refractivity contribution is 7.47. The maximum absolute atomic E-state index is 13.0. The van der Waals surface area contributed by atoms with Gasteiger partial charge in [0.25, 0.3) is 0 Å². The van der Waals surface area contributed by atoms with Gasteiger partial charge in [-0.2, -0.15) is 0 Å². The number of carbonyl (C=O) groups is 4. The smallest absolute Gasteiger partial charge is 0.462 e. The van der Waals surface area contributed by atoms with Crippen LogP contribution in [0.5, 0.6) is 0 Å². The Morgan fingerprint density at radius 1 is 0.322 bits per heavy atom. The monoisotopic (exact) mass is 1280 g/mol. The summed E-state index contributed by atoms with van der Waals surface area (Å²) in [7, 11) is -9.88. The van der Waals surface area contributed by atoms with Gasteiger partial charge in [-0.15, -0.1) is 0 Å². The van der Waals surface area contributed by atoms with Crippen molar-refractivity contribution in [2.24, 2.45) is 5.92 Å². The minimum Gasteiger partial charge on any atom is -0.462 e. The van der Waals surface area contributed by atoms with Crippen LogP contribution in [0.1, 0.15) is 349 Å². The number of hydrogen-bond donors (Lipinski definition) is 3. The van der Waals surface area contributed by atoms with Crippen LogP contribution >= 0.6 is 15.6 Å². The summed E-state index contributed by atoms with van der Waals surface area (Å²) in [5.41, 5.74) is 0. The summed E-state index contributed by atoms with van der Waals surface area (Å²) in [5.74, 6) is -1.42. The number of aliphatic hydroxyl groups is 1. The fourth-order valence-electron chi connectivity index (χ4n) is 10.3. The number of rotatable bonds is 68. The molecule has 0 radical (unpaired) electrons. The Labute approximate surface area is 530 Å². The molecule has 516 valence electrons. The normalized spacial score (nSPS) is 14.4. The average molecular weight is 1280 g/mol. The lowest BCUT2D eigenvalue weighted by Crippen LogP contribution is -2.30. The molecule has 19 heteroatoms. The number of phosphoric acid groups is 2. The van der Waals surface area contributed by atoms with Gasteiger partial charge in [-0.3, -0.25) is 37.3 Å². The summed E-state index contributed by atoms with van der Waals surface area (Å²) in [4.78, 5) is 72.1. The van der Waals surface area contributed by atoms with Gasteiger partial charge in [-0.25, -0.2) is 9.13 Å². The van der Waals surface area contributed by atoms with Crippen LogP contribution in [0.4, 0.5) is 0 Å². The number of unbranched alkanes of at least 4 members (excludes halogenated alkanes) is 39. The van der Waals surface area contributed by atoms with Crippen LogP contribution < -0.4 is 0 Å². The molecular weight excluding hydrogens is 1150 g/mol. The van der Waals surface area contributed by atoms with E-state index in [1.54, 1.807) is 0 Å². The predicted molar refractivity (Wildman–Crippen MR) is 349 cm³/mol. The molecule has 0 aliphatic carbocycles. The number of esters is 4. The molecule has 87 heavy (non-hydrogen) atoms. The van der Waals surface area contributed by atoms with Crippen LogP contribution in [0.3, 0.4) is 0 Å². The van der Waals surface area contributed by atoms with Crippen molar-refractivity contribution in [1.82, 2.24) is 0 Å². The Kier molecular flexibility index (Phi) is 60.2. The minimum atomic E-state index is -4.95. The van der Waals surface area contributed by atoms with E-state index < -0.39 is 97.5 Å². The fraction of sp³-hybridized carbons (Fsp3) is 0.941. The summed E-state index contributed by atoms with van der Waals surface area (Å²) >= 11 is 0. The second-order valence-corrected chi connectivity index (χ2v) is 27.7. The predicted octanol–water partition coefficient (Wildman–Crippen LogP) is 19.4. The minimum absolute atomic E-state index is 0.102. The van der Waals surface area contributed by atoms with Crippen molar-refractivity contribution < 1.29 is 80.2 Å².